The highest BCUT2D eigenvalue weighted by Crippen LogP contribution is 2.26. The minimum atomic E-state index is -0.240. The molecule has 3 rings (SSSR count). The van der Waals surface area contributed by atoms with Gasteiger partial charge in [-0.3, -0.25) is 9.69 Å². The van der Waals surface area contributed by atoms with Crippen LogP contribution in [0.15, 0.2) is 12.1 Å². The number of likely N-dealkylation sites (tertiary alicyclic amines) is 1. The molecular weight excluding hydrogens is 319 g/mol. The highest BCUT2D eigenvalue weighted by atomic mass is 19.1. The Balaban J connectivity index is 1.54. The molecule has 1 heterocycles. The number of halogens is 1. The lowest BCUT2D eigenvalue weighted by Crippen LogP contribution is -2.52. The average Bonchev–Trinajstić information content (AvgIpc) is 2.60. The van der Waals surface area contributed by atoms with Crippen molar-refractivity contribution in [3.05, 3.63) is 34.6 Å². The molecule has 1 amide bonds. The molecule has 2 unspecified atom stereocenters. The van der Waals surface area contributed by atoms with Gasteiger partial charge in [-0.15, -0.1) is 0 Å². The highest BCUT2D eigenvalue weighted by molar-refractivity contribution is 5.94. The van der Waals surface area contributed by atoms with Crippen LogP contribution in [0.2, 0.25) is 0 Å². The van der Waals surface area contributed by atoms with E-state index in [0.717, 1.165) is 45.2 Å². The maximum atomic E-state index is 13.7. The van der Waals surface area contributed by atoms with Gasteiger partial charge in [-0.25, -0.2) is 4.39 Å². The lowest BCUT2D eigenvalue weighted by Gasteiger charge is -2.41. The van der Waals surface area contributed by atoms with E-state index in [0.29, 0.717) is 16.7 Å². The number of carbonyl (C=O) groups excluding carboxylic acids is 1. The van der Waals surface area contributed by atoms with E-state index in [1.165, 1.54) is 6.42 Å². The SMILES string of the molecule is Cc1cc(C(=O)NC2CCN(C3CCCCC3O)CC2)cc(C)c1F. The Morgan fingerprint density at radius 3 is 2.32 bits per heavy atom. The van der Waals surface area contributed by atoms with Gasteiger partial charge < -0.3 is 10.4 Å². The zero-order valence-electron chi connectivity index (χ0n) is 15.2. The molecule has 0 spiro atoms. The van der Waals surface area contributed by atoms with Crippen molar-refractivity contribution in [3.8, 4) is 0 Å². The fraction of sp³-hybridized carbons (Fsp3) is 0.650. The number of hydrogen-bond acceptors (Lipinski definition) is 3. The zero-order valence-corrected chi connectivity index (χ0v) is 15.2. The van der Waals surface area contributed by atoms with Crippen molar-refractivity contribution < 1.29 is 14.3 Å². The molecule has 25 heavy (non-hydrogen) atoms. The van der Waals surface area contributed by atoms with E-state index in [2.05, 4.69) is 10.2 Å². The molecule has 0 bridgehead atoms. The number of hydrogen-bond donors (Lipinski definition) is 2. The summed E-state index contributed by atoms with van der Waals surface area (Å²) in [5.74, 6) is -0.363. The van der Waals surface area contributed by atoms with Crippen LogP contribution >= 0.6 is 0 Å². The summed E-state index contributed by atoms with van der Waals surface area (Å²) in [6.45, 7) is 5.20. The molecule has 1 saturated heterocycles. The molecule has 2 N–H and O–H groups in total. The van der Waals surface area contributed by atoms with Crippen molar-refractivity contribution in [1.29, 1.82) is 0 Å². The molecule has 1 aromatic rings. The molecule has 2 atom stereocenters. The second kappa shape index (κ2) is 7.83. The fourth-order valence-corrected chi connectivity index (χ4v) is 4.24. The molecule has 2 aliphatic rings. The topological polar surface area (TPSA) is 52.6 Å². The van der Waals surface area contributed by atoms with Gasteiger partial charge in [0.1, 0.15) is 5.82 Å². The summed E-state index contributed by atoms with van der Waals surface area (Å²) < 4.78 is 13.7. The second-order valence-corrected chi connectivity index (χ2v) is 7.63. The van der Waals surface area contributed by atoms with E-state index in [9.17, 15) is 14.3 Å². The first kappa shape index (κ1) is 18.3. The molecule has 1 aliphatic heterocycles. The predicted molar refractivity (Wildman–Crippen MR) is 96.2 cm³/mol. The maximum absolute atomic E-state index is 13.7. The third kappa shape index (κ3) is 4.21. The summed E-state index contributed by atoms with van der Waals surface area (Å²) in [4.78, 5) is 14.9. The van der Waals surface area contributed by atoms with Gasteiger partial charge in [0.25, 0.3) is 5.91 Å². The minimum absolute atomic E-state index is 0.123. The summed E-state index contributed by atoms with van der Waals surface area (Å²) in [6, 6.07) is 3.67. The lowest BCUT2D eigenvalue weighted by molar-refractivity contribution is 0.00727. The molecule has 1 aromatic carbocycles. The lowest BCUT2D eigenvalue weighted by atomic mass is 9.89. The third-order valence-corrected chi connectivity index (χ3v) is 5.73. The number of nitrogens with one attached hydrogen (secondary N) is 1. The second-order valence-electron chi connectivity index (χ2n) is 7.63. The van der Waals surface area contributed by atoms with E-state index < -0.39 is 0 Å². The van der Waals surface area contributed by atoms with Crippen LogP contribution in [-0.4, -0.2) is 47.2 Å². The Kier molecular flexibility index (Phi) is 5.74. The number of nitrogens with zero attached hydrogens (tertiary/aromatic N) is 1. The molecule has 138 valence electrons. The van der Waals surface area contributed by atoms with Crippen molar-refractivity contribution in [1.82, 2.24) is 10.2 Å². The van der Waals surface area contributed by atoms with Crippen molar-refractivity contribution >= 4 is 5.91 Å². The highest BCUT2D eigenvalue weighted by Gasteiger charge is 2.31. The first-order chi connectivity index (χ1) is 12.0. The predicted octanol–water partition coefficient (Wildman–Crippen LogP) is 2.94. The molecule has 0 aromatic heterocycles. The summed E-state index contributed by atoms with van der Waals surface area (Å²) in [5, 5.41) is 13.3. The first-order valence-corrected chi connectivity index (χ1v) is 9.45. The number of amides is 1. The van der Waals surface area contributed by atoms with Gasteiger partial charge in [0.05, 0.1) is 6.10 Å². The minimum Gasteiger partial charge on any atom is -0.391 e. The number of aliphatic hydroxyl groups is 1. The third-order valence-electron chi connectivity index (χ3n) is 5.73. The van der Waals surface area contributed by atoms with Crippen LogP contribution in [0.5, 0.6) is 0 Å². The molecule has 1 aliphatic carbocycles. The van der Waals surface area contributed by atoms with Crippen molar-refractivity contribution in [2.45, 2.75) is 70.6 Å². The van der Waals surface area contributed by atoms with Crippen LogP contribution in [0.4, 0.5) is 4.39 Å². The van der Waals surface area contributed by atoms with Gasteiger partial charge >= 0.3 is 0 Å². The van der Waals surface area contributed by atoms with Gasteiger partial charge in [0.2, 0.25) is 0 Å². The molecule has 5 heteroatoms. The van der Waals surface area contributed by atoms with Crippen LogP contribution < -0.4 is 5.32 Å². The summed E-state index contributed by atoms with van der Waals surface area (Å²) in [7, 11) is 0. The number of piperidine rings is 1. The normalized spacial score (nSPS) is 25.8. The van der Waals surface area contributed by atoms with Crippen LogP contribution in [-0.2, 0) is 0 Å². The van der Waals surface area contributed by atoms with E-state index >= 15 is 0 Å². The van der Waals surface area contributed by atoms with E-state index in [1.807, 2.05) is 0 Å². The number of aliphatic hydroxyl groups excluding tert-OH is 1. The van der Waals surface area contributed by atoms with Crippen LogP contribution in [0.25, 0.3) is 0 Å². The Labute approximate surface area is 149 Å². The summed E-state index contributed by atoms with van der Waals surface area (Å²) >= 11 is 0. The van der Waals surface area contributed by atoms with E-state index in [1.54, 1.807) is 26.0 Å². The Morgan fingerprint density at radius 2 is 1.72 bits per heavy atom. The number of carbonyl (C=O) groups is 1. The average molecular weight is 348 g/mol. The van der Waals surface area contributed by atoms with Crippen molar-refractivity contribution in [2.75, 3.05) is 13.1 Å². The van der Waals surface area contributed by atoms with Gasteiger partial charge in [0.15, 0.2) is 0 Å². The largest absolute Gasteiger partial charge is 0.391 e. The van der Waals surface area contributed by atoms with Crippen LogP contribution in [0.3, 0.4) is 0 Å². The van der Waals surface area contributed by atoms with E-state index in [-0.39, 0.29) is 29.9 Å². The molecular formula is C20H29FN2O2. The monoisotopic (exact) mass is 348 g/mol. The molecule has 4 nitrogen and oxygen atoms in total. The van der Waals surface area contributed by atoms with Gasteiger partial charge in [0, 0.05) is 30.7 Å². The van der Waals surface area contributed by atoms with E-state index in [4.69, 9.17) is 0 Å². The standard InChI is InChI=1S/C20H29FN2O2/c1-13-11-15(12-14(2)19(13)21)20(25)22-16-7-9-23(10-8-16)17-5-3-4-6-18(17)24/h11-12,16-18,24H,3-10H2,1-2H3,(H,22,25). The smallest absolute Gasteiger partial charge is 0.251 e. The van der Waals surface area contributed by atoms with Gasteiger partial charge in [-0.05, 0) is 62.8 Å². The Morgan fingerprint density at radius 1 is 1.12 bits per heavy atom. The molecule has 0 radical (unpaired) electrons. The summed E-state index contributed by atoms with van der Waals surface area (Å²) in [5.41, 5.74) is 1.54. The van der Waals surface area contributed by atoms with Crippen molar-refractivity contribution in [2.24, 2.45) is 0 Å². The van der Waals surface area contributed by atoms with Crippen LogP contribution in [0, 0.1) is 19.7 Å². The summed E-state index contributed by atoms with van der Waals surface area (Å²) in [6.07, 6.45) is 5.90. The fourth-order valence-electron chi connectivity index (χ4n) is 4.24. The quantitative estimate of drug-likeness (QED) is 0.883. The number of rotatable bonds is 3. The molecule has 2 fully saturated rings. The Hall–Kier alpha value is -1.46. The van der Waals surface area contributed by atoms with Gasteiger partial charge in [-0.1, -0.05) is 12.8 Å². The van der Waals surface area contributed by atoms with Crippen LogP contribution in [0.1, 0.15) is 60.0 Å². The molecule has 1 saturated carbocycles. The number of benzene rings is 1. The Bertz CT molecular complexity index is 603. The zero-order chi connectivity index (χ0) is 18.0. The maximum Gasteiger partial charge on any atom is 0.251 e. The first-order valence-electron chi connectivity index (χ1n) is 9.45. The number of aryl methyl sites for hydroxylation is 2. The van der Waals surface area contributed by atoms with Crippen molar-refractivity contribution in [3.63, 3.8) is 0 Å². The van der Waals surface area contributed by atoms with Gasteiger partial charge in [-0.2, -0.15) is 0 Å².